The van der Waals surface area contributed by atoms with Gasteiger partial charge in [0.05, 0.1) is 7.11 Å². The number of rotatable bonds is 8. The summed E-state index contributed by atoms with van der Waals surface area (Å²) < 4.78 is 5.90. The first kappa shape index (κ1) is 21.8. The largest absolute Gasteiger partial charge is 0.469 e. The number of hydrogen-bond donors (Lipinski definition) is 1. The molecule has 1 aromatic heterocycles. The normalized spacial score (nSPS) is 15.7. The SMILES string of the molecule is COC(=O)CCCCC(=O)Nc1ccc2scc(C3CCN(C(C)C)CC3)c2c1. The van der Waals surface area contributed by atoms with Gasteiger partial charge in [0, 0.05) is 29.3 Å². The predicted molar refractivity (Wildman–Crippen MR) is 120 cm³/mol. The highest BCUT2D eigenvalue weighted by molar-refractivity contribution is 7.17. The zero-order chi connectivity index (χ0) is 20.8. The van der Waals surface area contributed by atoms with Gasteiger partial charge in [0.15, 0.2) is 0 Å². The standard InChI is InChI=1S/C23H32N2O3S/c1-16(2)25-12-10-17(11-13-25)20-15-29-21-9-8-18(14-19(20)21)24-22(26)6-4-5-7-23(27)28-3/h8-9,14-17H,4-7,10-13H2,1-3H3,(H,24,26). The summed E-state index contributed by atoms with van der Waals surface area (Å²) in [7, 11) is 1.39. The van der Waals surface area contributed by atoms with Crippen molar-refractivity contribution in [1.29, 1.82) is 0 Å². The molecule has 0 bridgehead atoms. The molecule has 1 N–H and O–H groups in total. The van der Waals surface area contributed by atoms with Gasteiger partial charge in [-0.3, -0.25) is 9.59 Å². The monoisotopic (exact) mass is 416 g/mol. The molecular weight excluding hydrogens is 384 g/mol. The van der Waals surface area contributed by atoms with Crippen LogP contribution >= 0.6 is 11.3 Å². The fraction of sp³-hybridized carbons (Fsp3) is 0.565. The number of thiophene rings is 1. The van der Waals surface area contributed by atoms with Crippen molar-refractivity contribution >= 4 is 39.0 Å². The Balaban J connectivity index is 1.59. The number of nitrogens with one attached hydrogen (secondary N) is 1. The Bertz CT molecular complexity index is 838. The van der Waals surface area contributed by atoms with Crippen LogP contribution < -0.4 is 5.32 Å². The lowest BCUT2D eigenvalue weighted by atomic mass is 9.88. The van der Waals surface area contributed by atoms with Gasteiger partial charge < -0.3 is 15.0 Å². The number of piperidine rings is 1. The maximum Gasteiger partial charge on any atom is 0.305 e. The van der Waals surface area contributed by atoms with E-state index in [-0.39, 0.29) is 11.9 Å². The number of anilines is 1. The molecule has 1 amide bonds. The van der Waals surface area contributed by atoms with E-state index in [0.29, 0.717) is 37.6 Å². The molecule has 29 heavy (non-hydrogen) atoms. The number of fused-ring (bicyclic) bond motifs is 1. The molecule has 0 atom stereocenters. The molecule has 2 aromatic rings. The molecule has 0 aliphatic carbocycles. The molecule has 0 saturated carbocycles. The molecule has 1 saturated heterocycles. The highest BCUT2D eigenvalue weighted by Gasteiger charge is 2.24. The Kier molecular flexibility index (Phi) is 7.67. The average Bonchev–Trinajstić information content (AvgIpc) is 3.14. The van der Waals surface area contributed by atoms with Crippen molar-refractivity contribution in [2.45, 2.75) is 64.3 Å². The minimum Gasteiger partial charge on any atom is -0.469 e. The van der Waals surface area contributed by atoms with E-state index in [4.69, 9.17) is 0 Å². The summed E-state index contributed by atoms with van der Waals surface area (Å²) in [6.45, 7) is 6.85. The Morgan fingerprint density at radius 2 is 1.93 bits per heavy atom. The van der Waals surface area contributed by atoms with E-state index in [1.54, 1.807) is 11.3 Å². The number of ether oxygens (including phenoxy) is 1. The molecule has 0 unspecified atom stereocenters. The zero-order valence-electron chi connectivity index (χ0n) is 17.7. The summed E-state index contributed by atoms with van der Waals surface area (Å²) in [6, 6.07) is 6.84. The van der Waals surface area contributed by atoms with E-state index in [1.807, 2.05) is 6.07 Å². The maximum atomic E-state index is 12.3. The lowest BCUT2D eigenvalue weighted by Crippen LogP contribution is -2.37. The van der Waals surface area contributed by atoms with Crippen molar-refractivity contribution in [2.24, 2.45) is 0 Å². The van der Waals surface area contributed by atoms with Crippen LogP contribution in [0.4, 0.5) is 5.69 Å². The van der Waals surface area contributed by atoms with Gasteiger partial charge in [-0.25, -0.2) is 0 Å². The molecule has 2 heterocycles. The third kappa shape index (κ3) is 5.80. The van der Waals surface area contributed by atoms with Gasteiger partial charge in [0.1, 0.15) is 0 Å². The van der Waals surface area contributed by atoms with Gasteiger partial charge in [0.25, 0.3) is 0 Å². The Labute approximate surface area is 177 Å². The number of methoxy groups -OCH3 is 1. The van der Waals surface area contributed by atoms with Crippen molar-refractivity contribution in [2.75, 3.05) is 25.5 Å². The average molecular weight is 417 g/mol. The first-order chi connectivity index (χ1) is 14.0. The van der Waals surface area contributed by atoms with Crippen molar-refractivity contribution in [3.63, 3.8) is 0 Å². The Hall–Kier alpha value is -1.92. The van der Waals surface area contributed by atoms with Gasteiger partial charge in [-0.15, -0.1) is 11.3 Å². The van der Waals surface area contributed by atoms with Crippen LogP contribution in [-0.4, -0.2) is 43.0 Å². The van der Waals surface area contributed by atoms with Crippen LogP contribution in [0.15, 0.2) is 23.6 Å². The number of likely N-dealkylation sites (tertiary alicyclic amines) is 1. The lowest BCUT2D eigenvalue weighted by molar-refractivity contribution is -0.140. The minimum atomic E-state index is -0.222. The molecule has 3 rings (SSSR count). The summed E-state index contributed by atoms with van der Waals surface area (Å²) in [4.78, 5) is 25.9. The fourth-order valence-corrected chi connectivity index (χ4v) is 5.07. The van der Waals surface area contributed by atoms with Crippen LogP contribution in [0.3, 0.4) is 0 Å². The van der Waals surface area contributed by atoms with Crippen molar-refractivity contribution in [1.82, 2.24) is 4.90 Å². The second-order valence-electron chi connectivity index (χ2n) is 8.14. The molecule has 1 aliphatic heterocycles. The molecule has 158 valence electrons. The van der Waals surface area contributed by atoms with E-state index in [9.17, 15) is 9.59 Å². The van der Waals surface area contributed by atoms with Crippen molar-refractivity contribution in [3.8, 4) is 0 Å². The lowest BCUT2D eigenvalue weighted by Gasteiger charge is -2.34. The molecule has 1 fully saturated rings. The number of esters is 1. The summed E-state index contributed by atoms with van der Waals surface area (Å²) >= 11 is 1.79. The number of carbonyl (C=O) groups excluding carboxylic acids is 2. The molecule has 6 heteroatoms. The quantitative estimate of drug-likeness (QED) is 0.477. The summed E-state index contributed by atoms with van der Waals surface area (Å²) in [6.07, 6.45) is 4.52. The van der Waals surface area contributed by atoms with Crippen LogP contribution in [0.2, 0.25) is 0 Å². The van der Waals surface area contributed by atoms with Crippen molar-refractivity contribution in [3.05, 3.63) is 29.1 Å². The van der Waals surface area contributed by atoms with E-state index in [2.05, 4.69) is 46.3 Å². The molecule has 1 aliphatic rings. The summed E-state index contributed by atoms with van der Waals surface area (Å²) in [5.74, 6) is 0.374. The van der Waals surface area contributed by atoms with Gasteiger partial charge in [-0.1, -0.05) is 0 Å². The smallest absolute Gasteiger partial charge is 0.305 e. The number of unbranched alkanes of at least 4 members (excludes halogenated alkanes) is 1. The minimum absolute atomic E-state index is 0.00348. The van der Waals surface area contributed by atoms with Crippen LogP contribution in [0, 0.1) is 0 Å². The highest BCUT2D eigenvalue weighted by atomic mass is 32.1. The van der Waals surface area contributed by atoms with E-state index >= 15 is 0 Å². The fourth-order valence-electron chi connectivity index (χ4n) is 4.05. The van der Waals surface area contributed by atoms with Crippen molar-refractivity contribution < 1.29 is 14.3 Å². The van der Waals surface area contributed by atoms with E-state index < -0.39 is 0 Å². The third-order valence-corrected chi connectivity index (χ3v) is 6.83. The van der Waals surface area contributed by atoms with Gasteiger partial charge >= 0.3 is 5.97 Å². The number of benzene rings is 1. The summed E-state index contributed by atoms with van der Waals surface area (Å²) in [5, 5.41) is 6.60. The van der Waals surface area contributed by atoms with E-state index in [0.717, 1.165) is 18.8 Å². The second-order valence-corrected chi connectivity index (χ2v) is 9.05. The van der Waals surface area contributed by atoms with Crippen LogP contribution in [-0.2, 0) is 14.3 Å². The van der Waals surface area contributed by atoms with Crippen LogP contribution in [0.25, 0.3) is 10.1 Å². The molecule has 0 spiro atoms. The number of carbonyl (C=O) groups is 2. The van der Waals surface area contributed by atoms with Crippen LogP contribution in [0.5, 0.6) is 0 Å². The van der Waals surface area contributed by atoms with Crippen LogP contribution in [0.1, 0.15) is 63.9 Å². The maximum absolute atomic E-state index is 12.3. The Morgan fingerprint density at radius 1 is 1.21 bits per heavy atom. The number of hydrogen-bond acceptors (Lipinski definition) is 5. The first-order valence-corrected chi connectivity index (χ1v) is 11.5. The van der Waals surface area contributed by atoms with Gasteiger partial charge in [-0.2, -0.15) is 0 Å². The third-order valence-electron chi connectivity index (χ3n) is 5.85. The highest BCUT2D eigenvalue weighted by Crippen LogP contribution is 2.38. The molecule has 0 radical (unpaired) electrons. The van der Waals surface area contributed by atoms with E-state index in [1.165, 1.54) is 35.6 Å². The number of nitrogens with zero attached hydrogens (tertiary/aromatic N) is 1. The number of amides is 1. The van der Waals surface area contributed by atoms with Gasteiger partial charge in [0.2, 0.25) is 5.91 Å². The molecule has 5 nitrogen and oxygen atoms in total. The molecule has 1 aromatic carbocycles. The first-order valence-electron chi connectivity index (χ1n) is 10.6. The summed E-state index contributed by atoms with van der Waals surface area (Å²) in [5.41, 5.74) is 2.29. The topological polar surface area (TPSA) is 58.6 Å². The molecular formula is C23H32N2O3S. The predicted octanol–water partition coefficient (Wildman–Crippen LogP) is 5.16. The Morgan fingerprint density at radius 3 is 2.62 bits per heavy atom. The zero-order valence-corrected chi connectivity index (χ0v) is 18.5. The van der Waals surface area contributed by atoms with Gasteiger partial charge in [-0.05, 0) is 93.1 Å². The second kappa shape index (κ2) is 10.2.